The Labute approximate surface area is 88.1 Å². The molecule has 2 rings (SSSR count). The predicted molar refractivity (Wildman–Crippen MR) is 59.7 cm³/mol. The van der Waals surface area contributed by atoms with Gasteiger partial charge in [-0.05, 0) is 19.1 Å². The lowest BCUT2D eigenvalue weighted by molar-refractivity contribution is 0.415. The second-order valence-corrected chi connectivity index (χ2v) is 3.33. The minimum Gasteiger partial charge on any atom is -0.497 e. The Morgan fingerprint density at radius 1 is 1.40 bits per heavy atom. The fourth-order valence-corrected chi connectivity index (χ4v) is 1.53. The zero-order valence-corrected chi connectivity index (χ0v) is 8.74. The van der Waals surface area contributed by atoms with Crippen LogP contribution in [0.1, 0.15) is 5.69 Å². The molecule has 4 nitrogen and oxygen atoms in total. The number of nitrogen functional groups attached to an aromatic ring is 1. The lowest BCUT2D eigenvalue weighted by Gasteiger charge is -2.02. The number of hydrogen-bond donors (Lipinski definition) is 2. The van der Waals surface area contributed by atoms with Gasteiger partial charge in [0.15, 0.2) is 5.95 Å². The molecule has 0 saturated carbocycles. The van der Waals surface area contributed by atoms with E-state index in [1.165, 1.54) is 0 Å². The number of hydrogen-bond acceptors (Lipinski definition) is 3. The van der Waals surface area contributed by atoms with E-state index in [1.54, 1.807) is 7.11 Å². The van der Waals surface area contributed by atoms with E-state index in [2.05, 4.69) is 9.97 Å². The fraction of sp³-hybridized carbons (Fsp3) is 0.182. The number of nitrogens with two attached hydrogens (primary N) is 1. The average Bonchev–Trinajstić information content (AvgIpc) is 2.58. The lowest BCUT2D eigenvalue weighted by Crippen LogP contribution is -1.86. The number of nitrogens with zero attached hydrogens (tertiary/aromatic N) is 1. The summed E-state index contributed by atoms with van der Waals surface area (Å²) in [5.74, 6) is 1.25. The first-order valence-corrected chi connectivity index (χ1v) is 4.67. The SMILES string of the molecule is COc1cccc(-c2nc(N)[nH]c2C)c1. The zero-order chi connectivity index (χ0) is 10.8. The molecule has 4 heteroatoms. The number of benzene rings is 1. The van der Waals surface area contributed by atoms with Crippen molar-refractivity contribution in [1.82, 2.24) is 9.97 Å². The van der Waals surface area contributed by atoms with Crippen LogP contribution in [0.2, 0.25) is 0 Å². The van der Waals surface area contributed by atoms with Gasteiger partial charge in [0, 0.05) is 11.3 Å². The van der Waals surface area contributed by atoms with Gasteiger partial charge < -0.3 is 15.5 Å². The van der Waals surface area contributed by atoms with E-state index in [-0.39, 0.29) is 0 Å². The smallest absolute Gasteiger partial charge is 0.198 e. The van der Waals surface area contributed by atoms with Crippen LogP contribution in [0.3, 0.4) is 0 Å². The summed E-state index contributed by atoms with van der Waals surface area (Å²) in [5.41, 5.74) is 8.42. The van der Waals surface area contributed by atoms with Gasteiger partial charge in [-0.3, -0.25) is 0 Å². The molecule has 3 N–H and O–H groups in total. The summed E-state index contributed by atoms with van der Waals surface area (Å²) >= 11 is 0. The molecule has 78 valence electrons. The number of aryl methyl sites for hydroxylation is 1. The number of rotatable bonds is 2. The highest BCUT2D eigenvalue weighted by Crippen LogP contribution is 2.25. The molecule has 0 aliphatic carbocycles. The Hall–Kier alpha value is -1.97. The van der Waals surface area contributed by atoms with Crippen LogP contribution in [-0.2, 0) is 0 Å². The van der Waals surface area contributed by atoms with Gasteiger partial charge in [0.25, 0.3) is 0 Å². The first-order chi connectivity index (χ1) is 7.20. The minimum absolute atomic E-state index is 0.435. The Bertz CT molecular complexity index is 476. The van der Waals surface area contributed by atoms with Crippen LogP contribution in [0, 0.1) is 6.92 Å². The van der Waals surface area contributed by atoms with Crippen molar-refractivity contribution in [3.63, 3.8) is 0 Å². The number of anilines is 1. The summed E-state index contributed by atoms with van der Waals surface area (Å²) in [6, 6.07) is 7.74. The van der Waals surface area contributed by atoms with Crippen molar-refractivity contribution < 1.29 is 4.74 Å². The van der Waals surface area contributed by atoms with Crippen molar-refractivity contribution in [2.24, 2.45) is 0 Å². The maximum atomic E-state index is 5.59. The summed E-state index contributed by atoms with van der Waals surface area (Å²) in [4.78, 5) is 7.19. The second-order valence-electron chi connectivity index (χ2n) is 3.33. The summed E-state index contributed by atoms with van der Waals surface area (Å²) in [5, 5.41) is 0. The van der Waals surface area contributed by atoms with Crippen LogP contribution in [0.5, 0.6) is 5.75 Å². The van der Waals surface area contributed by atoms with Crippen molar-refractivity contribution in [2.75, 3.05) is 12.8 Å². The molecule has 0 amide bonds. The van der Waals surface area contributed by atoms with Gasteiger partial charge >= 0.3 is 0 Å². The molecule has 0 atom stereocenters. The van der Waals surface area contributed by atoms with Crippen LogP contribution >= 0.6 is 0 Å². The minimum atomic E-state index is 0.435. The zero-order valence-electron chi connectivity index (χ0n) is 8.74. The molecule has 2 aromatic rings. The number of H-pyrrole nitrogens is 1. The normalized spacial score (nSPS) is 10.3. The summed E-state index contributed by atoms with van der Waals surface area (Å²) in [7, 11) is 1.64. The lowest BCUT2D eigenvalue weighted by atomic mass is 10.1. The maximum Gasteiger partial charge on any atom is 0.198 e. The molecule has 0 spiro atoms. The van der Waals surface area contributed by atoms with Gasteiger partial charge in [0.05, 0.1) is 12.8 Å². The first-order valence-electron chi connectivity index (χ1n) is 4.67. The topological polar surface area (TPSA) is 63.9 Å². The molecule has 0 fully saturated rings. The highest BCUT2D eigenvalue weighted by Gasteiger charge is 2.07. The van der Waals surface area contributed by atoms with Crippen molar-refractivity contribution in [2.45, 2.75) is 6.92 Å². The Kier molecular flexibility index (Phi) is 2.33. The Balaban J connectivity index is 2.49. The molecule has 0 saturated heterocycles. The molecule has 0 radical (unpaired) electrons. The van der Waals surface area contributed by atoms with E-state index < -0.39 is 0 Å². The van der Waals surface area contributed by atoms with Gasteiger partial charge in [-0.1, -0.05) is 12.1 Å². The van der Waals surface area contributed by atoms with Gasteiger partial charge in [-0.15, -0.1) is 0 Å². The standard InChI is InChI=1S/C11H13N3O/c1-7-10(14-11(12)13-7)8-4-3-5-9(6-8)15-2/h3-6H,1-2H3,(H3,12,13,14). The van der Waals surface area contributed by atoms with E-state index >= 15 is 0 Å². The molecule has 0 aliphatic rings. The molecule has 15 heavy (non-hydrogen) atoms. The van der Waals surface area contributed by atoms with Gasteiger partial charge in [0.2, 0.25) is 0 Å². The van der Waals surface area contributed by atoms with Crippen LogP contribution < -0.4 is 10.5 Å². The molecule has 1 heterocycles. The molecular weight excluding hydrogens is 190 g/mol. The van der Waals surface area contributed by atoms with Crippen molar-refractivity contribution >= 4 is 5.95 Å². The summed E-state index contributed by atoms with van der Waals surface area (Å²) in [6.45, 7) is 1.94. The van der Waals surface area contributed by atoms with E-state index in [0.29, 0.717) is 5.95 Å². The predicted octanol–water partition coefficient (Wildman–Crippen LogP) is 1.98. The van der Waals surface area contributed by atoms with Crippen LogP contribution in [0.4, 0.5) is 5.95 Å². The molecule has 0 unspecified atom stereocenters. The Morgan fingerprint density at radius 2 is 2.20 bits per heavy atom. The van der Waals surface area contributed by atoms with Gasteiger partial charge in [0.1, 0.15) is 5.75 Å². The van der Waals surface area contributed by atoms with Crippen molar-refractivity contribution in [3.8, 4) is 17.0 Å². The average molecular weight is 203 g/mol. The van der Waals surface area contributed by atoms with Crippen LogP contribution in [0.25, 0.3) is 11.3 Å². The summed E-state index contributed by atoms with van der Waals surface area (Å²) < 4.78 is 5.15. The first kappa shape index (κ1) is 9.58. The monoisotopic (exact) mass is 203 g/mol. The largest absolute Gasteiger partial charge is 0.497 e. The van der Waals surface area contributed by atoms with Crippen molar-refractivity contribution in [3.05, 3.63) is 30.0 Å². The van der Waals surface area contributed by atoms with E-state index in [4.69, 9.17) is 10.5 Å². The maximum absolute atomic E-state index is 5.59. The molecule has 0 aliphatic heterocycles. The van der Waals surface area contributed by atoms with E-state index in [1.807, 2.05) is 31.2 Å². The highest BCUT2D eigenvalue weighted by atomic mass is 16.5. The number of nitrogens with one attached hydrogen (secondary N) is 1. The van der Waals surface area contributed by atoms with Gasteiger partial charge in [-0.2, -0.15) is 0 Å². The van der Waals surface area contributed by atoms with Crippen molar-refractivity contribution in [1.29, 1.82) is 0 Å². The number of methoxy groups -OCH3 is 1. The number of aromatic nitrogens is 2. The Morgan fingerprint density at radius 3 is 2.80 bits per heavy atom. The number of aromatic amines is 1. The third-order valence-electron chi connectivity index (χ3n) is 2.25. The fourth-order valence-electron chi connectivity index (χ4n) is 1.53. The van der Waals surface area contributed by atoms with E-state index in [0.717, 1.165) is 22.7 Å². The number of ether oxygens (including phenoxy) is 1. The highest BCUT2D eigenvalue weighted by molar-refractivity contribution is 5.65. The summed E-state index contributed by atoms with van der Waals surface area (Å²) in [6.07, 6.45) is 0. The van der Waals surface area contributed by atoms with Crippen LogP contribution in [-0.4, -0.2) is 17.1 Å². The molecule has 1 aromatic carbocycles. The van der Waals surface area contributed by atoms with E-state index in [9.17, 15) is 0 Å². The third kappa shape index (κ3) is 1.79. The van der Waals surface area contributed by atoms with Crippen LogP contribution in [0.15, 0.2) is 24.3 Å². The molecular formula is C11H13N3O. The third-order valence-corrected chi connectivity index (χ3v) is 2.25. The number of imidazole rings is 1. The molecule has 0 bridgehead atoms. The van der Waals surface area contributed by atoms with Gasteiger partial charge in [-0.25, -0.2) is 4.98 Å². The quantitative estimate of drug-likeness (QED) is 0.784. The second kappa shape index (κ2) is 3.65. The molecule has 1 aromatic heterocycles.